The number of hydrogen-bond donors (Lipinski definition) is 0. The Morgan fingerprint density at radius 1 is 0.460 bits per heavy atom. The van der Waals surface area contributed by atoms with Gasteiger partial charge in [0.2, 0.25) is 0 Å². The second kappa shape index (κ2) is 15.7. The molecule has 6 aromatic carbocycles. The molecule has 0 bridgehead atoms. The molecule has 252 valence electrons. The van der Waals surface area contributed by atoms with Gasteiger partial charge < -0.3 is 18.6 Å². The van der Waals surface area contributed by atoms with E-state index < -0.39 is 26.0 Å². The highest BCUT2D eigenvalue weighted by molar-refractivity contribution is 7.80. The highest BCUT2D eigenvalue weighted by atomic mass is 31.2. The molecule has 0 N–H and O–H groups in total. The van der Waals surface area contributed by atoms with Gasteiger partial charge in [-0.1, -0.05) is 182 Å². The first-order valence-electron chi connectivity index (χ1n) is 17.3. The zero-order valence-corrected chi connectivity index (χ0v) is 29.8. The lowest BCUT2D eigenvalue weighted by Crippen LogP contribution is -2.38. The smallest absolute Gasteiger partial charge is 0.146 e. The lowest BCUT2D eigenvalue weighted by molar-refractivity contribution is -0.0811. The Morgan fingerprint density at radius 2 is 0.820 bits per heavy atom. The summed E-state index contributed by atoms with van der Waals surface area (Å²) < 4.78 is 45.8. The summed E-state index contributed by atoms with van der Waals surface area (Å²) in [5, 5.41) is 3.16. The molecule has 1 saturated carbocycles. The molecule has 6 aromatic rings. The van der Waals surface area contributed by atoms with Gasteiger partial charge in [-0.25, -0.2) is 0 Å². The fourth-order valence-corrected chi connectivity index (χ4v) is 14.3. The Morgan fingerprint density at radius 3 is 1.24 bits per heavy atom. The topological polar surface area (TPSA) is 52.6 Å². The Kier molecular flexibility index (Phi) is 10.7. The van der Waals surface area contributed by atoms with Crippen LogP contribution in [0.5, 0.6) is 0 Å². The highest BCUT2D eigenvalue weighted by Crippen LogP contribution is 2.61. The van der Waals surface area contributed by atoms with Crippen molar-refractivity contribution in [1.29, 1.82) is 0 Å². The molecular formula is C44H42O4P2. The minimum Gasteiger partial charge on any atom is -0.371 e. The van der Waals surface area contributed by atoms with Crippen molar-refractivity contribution >= 4 is 35.5 Å². The summed E-state index contributed by atoms with van der Waals surface area (Å²) in [6.45, 7) is 0.758. The van der Waals surface area contributed by atoms with Crippen LogP contribution in [0.3, 0.4) is 0 Å². The van der Waals surface area contributed by atoms with Crippen LogP contribution < -0.4 is 21.2 Å². The van der Waals surface area contributed by atoms with Gasteiger partial charge in [0.15, 0.2) is 0 Å². The van der Waals surface area contributed by atoms with Crippen LogP contribution in [0, 0.1) is 5.92 Å². The van der Waals surface area contributed by atoms with Gasteiger partial charge in [-0.15, -0.1) is 0 Å². The average Bonchev–Trinajstić information content (AvgIpc) is 3.54. The largest absolute Gasteiger partial charge is 0.371 e. The Bertz CT molecular complexity index is 1940. The second-order valence-corrected chi connectivity index (χ2v) is 18.9. The van der Waals surface area contributed by atoms with Crippen molar-refractivity contribution in [2.75, 3.05) is 6.16 Å². The van der Waals surface area contributed by atoms with Crippen molar-refractivity contribution < 1.29 is 18.6 Å². The van der Waals surface area contributed by atoms with Crippen molar-refractivity contribution in [2.24, 2.45) is 5.92 Å². The summed E-state index contributed by atoms with van der Waals surface area (Å²) >= 11 is 0. The molecule has 1 aliphatic rings. The maximum absolute atomic E-state index is 16.2. The summed E-state index contributed by atoms with van der Waals surface area (Å²) in [5.41, 5.74) is 1.71. The van der Waals surface area contributed by atoms with Crippen molar-refractivity contribution in [3.8, 4) is 0 Å². The summed E-state index contributed by atoms with van der Waals surface area (Å²) in [6.07, 6.45) is -0.0539. The first-order valence-corrected chi connectivity index (χ1v) is 20.9. The van der Waals surface area contributed by atoms with Gasteiger partial charge >= 0.3 is 0 Å². The molecule has 50 heavy (non-hydrogen) atoms. The Balaban J connectivity index is 1.39. The fourth-order valence-electron chi connectivity index (χ4n) is 7.45. The zero-order chi connectivity index (χ0) is 34.2. The van der Waals surface area contributed by atoms with E-state index in [-0.39, 0.29) is 12.0 Å². The lowest BCUT2D eigenvalue weighted by Gasteiger charge is -2.34. The number of ether oxygens (including phenoxy) is 2. The SMILES string of the molecule is O=P(C[C@@H]1[C@H](OCc2ccccc2)[C@@H](OCc2ccccc2)C[C@H]1P(=O)(c1ccccc1)c1ccccc1)(c1ccccc1)c1ccccc1. The van der Waals surface area contributed by atoms with Crippen molar-refractivity contribution in [3.63, 3.8) is 0 Å². The summed E-state index contributed by atoms with van der Waals surface area (Å²) in [7, 11) is -6.60. The van der Waals surface area contributed by atoms with Crippen LogP contribution in [0.4, 0.5) is 0 Å². The molecule has 0 amide bonds. The molecule has 7 rings (SSSR count). The van der Waals surface area contributed by atoms with Crippen molar-refractivity contribution in [3.05, 3.63) is 193 Å². The monoisotopic (exact) mass is 696 g/mol. The molecule has 0 spiro atoms. The van der Waals surface area contributed by atoms with Gasteiger partial charge in [-0.05, 0) is 17.5 Å². The van der Waals surface area contributed by atoms with Crippen LogP contribution >= 0.6 is 14.3 Å². The van der Waals surface area contributed by atoms with E-state index in [1.807, 2.05) is 158 Å². The first kappa shape index (κ1) is 34.2. The maximum atomic E-state index is 16.2. The van der Waals surface area contributed by atoms with Crippen LogP contribution in [-0.4, -0.2) is 24.0 Å². The molecule has 1 fully saturated rings. The lowest BCUT2D eigenvalue weighted by atomic mass is 10.1. The third-order valence-corrected chi connectivity index (χ3v) is 16.8. The molecule has 0 aliphatic heterocycles. The Labute approximate surface area is 295 Å². The van der Waals surface area contributed by atoms with E-state index in [9.17, 15) is 0 Å². The predicted molar refractivity (Wildman–Crippen MR) is 206 cm³/mol. The van der Waals surface area contributed by atoms with E-state index in [0.29, 0.717) is 25.8 Å². The zero-order valence-electron chi connectivity index (χ0n) is 28.0. The number of rotatable bonds is 13. The minimum absolute atomic E-state index is 0.292. The molecule has 0 heterocycles. The van der Waals surface area contributed by atoms with Gasteiger partial charge in [0.25, 0.3) is 0 Å². The summed E-state index contributed by atoms with van der Waals surface area (Å²) in [4.78, 5) is 0. The van der Waals surface area contributed by atoms with E-state index in [1.165, 1.54) is 0 Å². The van der Waals surface area contributed by atoms with Crippen LogP contribution in [0.2, 0.25) is 0 Å². The van der Waals surface area contributed by atoms with E-state index in [2.05, 4.69) is 24.3 Å². The molecule has 0 unspecified atom stereocenters. The Hall–Kier alpha value is -4.30. The third-order valence-electron chi connectivity index (χ3n) is 9.91. The third kappa shape index (κ3) is 7.27. The highest BCUT2D eigenvalue weighted by Gasteiger charge is 2.55. The van der Waals surface area contributed by atoms with Gasteiger partial charge in [0.05, 0.1) is 25.4 Å². The van der Waals surface area contributed by atoms with E-state index >= 15 is 9.13 Å². The quantitative estimate of drug-likeness (QED) is 0.114. The fraction of sp³-hybridized carbons (Fsp3) is 0.182. The molecule has 1 aliphatic carbocycles. The van der Waals surface area contributed by atoms with Crippen LogP contribution in [0.1, 0.15) is 17.5 Å². The van der Waals surface area contributed by atoms with Gasteiger partial charge in [0, 0.05) is 39.0 Å². The molecule has 4 nitrogen and oxygen atoms in total. The van der Waals surface area contributed by atoms with E-state index in [1.54, 1.807) is 0 Å². The van der Waals surface area contributed by atoms with Gasteiger partial charge in [-0.2, -0.15) is 0 Å². The molecule has 0 radical (unpaired) electrons. The van der Waals surface area contributed by atoms with Gasteiger partial charge in [0.1, 0.15) is 14.3 Å². The van der Waals surface area contributed by atoms with Crippen LogP contribution in [0.15, 0.2) is 182 Å². The van der Waals surface area contributed by atoms with Crippen LogP contribution in [-0.2, 0) is 31.8 Å². The summed E-state index contributed by atoms with van der Waals surface area (Å²) in [5.74, 6) is -0.364. The standard InChI is InChI=1S/C44H42O4P2/c45-49(37-23-11-3-12-24-37,38-25-13-4-14-26-38)34-41-43(50(46,39-27-15-5-16-28-39)40-29-17-6-18-30-40)31-42(47-32-35-19-7-1-8-20-35)44(41)48-33-36-21-9-2-10-22-36/h1-30,41-44H,31-34H2/t41-,42-,43+,44-/m0/s1. The molecular weight excluding hydrogens is 654 g/mol. The van der Waals surface area contributed by atoms with E-state index in [0.717, 1.165) is 32.3 Å². The number of hydrogen-bond acceptors (Lipinski definition) is 4. The predicted octanol–water partition coefficient (Wildman–Crippen LogP) is 8.57. The van der Waals surface area contributed by atoms with Crippen molar-refractivity contribution in [1.82, 2.24) is 0 Å². The molecule has 6 heteroatoms. The second-order valence-electron chi connectivity index (χ2n) is 13.0. The average molecular weight is 697 g/mol. The van der Waals surface area contributed by atoms with Gasteiger partial charge in [-0.3, -0.25) is 0 Å². The van der Waals surface area contributed by atoms with E-state index in [4.69, 9.17) is 9.47 Å². The van der Waals surface area contributed by atoms with Crippen molar-refractivity contribution in [2.45, 2.75) is 37.5 Å². The number of benzene rings is 6. The molecule has 4 atom stereocenters. The summed E-state index contributed by atoms with van der Waals surface area (Å²) in [6, 6.07) is 59.5. The molecule has 0 aromatic heterocycles. The maximum Gasteiger partial charge on any atom is 0.146 e. The molecule has 0 saturated heterocycles. The van der Waals surface area contributed by atoms with Crippen LogP contribution in [0.25, 0.3) is 0 Å². The minimum atomic E-state index is -3.34. The first-order chi connectivity index (χ1) is 24.6. The normalized spacial score (nSPS) is 19.3.